The van der Waals surface area contributed by atoms with Crippen molar-refractivity contribution in [1.82, 2.24) is 14.7 Å². The van der Waals surface area contributed by atoms with E-state index in [0.29, 0.717) is 43.6 Å². The van der Waals surface area contributed by atoms with Crippen molar-refractivity contribution in [2.45, 2.75) is 32.5 Å². The van der Waals surface area contributed by atoms with Gasteiger partial charge in [-0.2, -0.15) is 5.10 Å². The first kappa shape index (κ1) is 24.5. The molecule has 1 aliphatic heterocycles. The molecule has 8 heteroatoms. The average molecular weight is 486 g/mol. The standard InChI is InChI=1S/C26H32ClN3O4/c1-20-14-21(2)30(28-20)11-13-33-25-5-3-4-22(15-25)16-29-10-12-32-18-26(31,17-29)19-34-24-8-6-23(27)7-9-24/h3-9,14-15,31H,10-13,16-19H2,1-2H3/t26-/m0/s1. The molecule has 2 heterocycles. The summed E-state index contributed by atoms with van der Waals surface area (Å²) in [6.45, 7) is 8.07. The van der Waals surface area contributed by atoms with Crippen LogP contribution in [0.3, 0.4) is 0 Å². The highest BCUT2D eigenvalue weighted by Gasteiger charge is 2.33. The van der Waals surface area contributed by atoms with Gasteiger partial charge < -0.3 is 19.3 Å². The number of rotatable bonds is 9. The summed E-state index contributed by atoms with van der Waals surface area (Å²) in [7, 11) is 0. The second-order valence-electron chi connectivity index (χ2n) is 8.88. The van der Waals surface area contributed by atoms with Crippen LogP contribution in [0.15, 0.2) is 54.6 Å². The largest absolute Gasteiger partial charge is 0.492 e. The minimum atomic E-state index is -1.11. The predicted molar refractivity (Wildman–Crippen MR) is 132 cm³/mol. The summed E-state index contributed by atoms with van der Waals surface area (Å²) in [5, 5.41) is 16.3. The van der Waals surface area contributed by atoms with Crippen LogP contribution in [0.1, 0.15) is 17.0 Å². The number of halogens is 1. The Kier molecular flexibility index (Phi) is 8.11. The third-order valence-electron chi connectivity index (χ3n) is 5.74. The van der Waals surface area contributed by atoms with E-state index in [4.69, 9.17) is 25.8 Å². The molecule has 0 aliphatic carbocycles. The van der Waals surface area contributed by atoms with Gasteiger partial charge in [-0.1, -0.05) is 23.7 Å². The molecule has 0 unspecified atom stereocenters. The number of nitrogens with zero attached hydrogens (tertiary/aromatic N) is 3. The van der Waals surface area contributed by atoms with E-state index in [9.17, 15) is 5.11 Å². The maximum absolute atomic E-state index is 11.2. The Bertz CT molecular complexity index is 1070. The fourth-order valence-electron chi connectivity index (χ4n) is 4.11. The van der Waals surface area contributed by atoms with Gasteiger partial charge in [0.15, 0.2) is 0 Å². The molecule has 0 saturated carbocycles. The van der Waals surface area contributed by atoms with Crippen molar-refractivity contribution in [3.63, 3.8) is 0 Å². The normalized spacial score (nSPS) is 19.1. The minimum absolute atomic E-state index is 0.139. The van der Waals surface area contributed by atoms with Crippen LogP contribution in [-0.4, -0.2) is 64.9 Å². The summed E-state index contributed by atoms with van der Waals surface area (Å²) in [5.74, 6) is 1.49. The van der Waals surface area contributed by atoms with E-state index in [2.05, 4.69) is 28.2 Å². The van der Waals surface area contributed by atoms with Crippen molar-refractivity contribution in [1.29, 1.82) is 0 Å². The van der Waals surface area contributed by atoms with Gasteiger partial charge in [0.1, 0.15) is 30.3 Å². The lowest BCUT2D eigenvalue weighted by Gasteiger charge is -2.30. The first-order valence-corrected chi connectivity index (χ1v) is 11.9. The maximum Gasteiger partial charge on any atom is 0.134 e. The molecule has 7 nitrogen and oxygen atoms in total. The van der Waals surface area contributed by atoms with Crippen LogP contribution in [0.5, 0.6) is 11.5 Å². The molecule has 34 heavy (non-hydrogen) atoms. The Morgan fingerprint density at radius 3 is 2.68 bits per heavy atom. The van der Waals surface area contributed by atoms with Crippen LogP contribution in [-0.2, 0) is 17.8 Å². The number of aliphatic hydroxyl groups is 1. The molecule has 0 spiro atoms. The molecular formula is C26H32ClN3O4. The number of hydrogen-bond acceptors (Lipinski definition) is 6. The molecule has 3 aromatic rings. The molecule has 0 amide bonds. The Morgan fingerprint density at radius 1 is 1.09 bits per heavy atom. The van der Waals surface area contributed by atoms with E-state index in [1.807, 2.05) is 30.7 Å². The Labute approximate surface area is 205 Å². The van der Waals surface area contributed by atoms with Crippen LogP contribution in [0.4, 0.5) is 0 Å². The van der Waals surface area contributed by atoms with Crippen LogP contribution in [0.25, 0.3) is 0 Å². The quantitative estimate of drug-likeness (QED) is 0.496. The third-order valence-corrected chi connectivity index (χ3v) is 5.99. The second kappa shape index (κ2) is 11.2. The molecule has 1 saturated heterocycles. The number of benzene rings is 2. The van der Waals surface area contributed by atoms with E-state index < -0.39 is 5.60 Å². The van der Waals surface area contributed by atoms with Crippen molar-refractivity contribution in [3.8, 4) is 11.5 Å². The zero-order chi connectivity index (χ0) is 24.0. The second-order valence-corrected chi connectivity index (χ2v) is 9.31. The van der Waals surface area contributed by atoms with Crippen molar-refractivity contribution >= 4 is 11.6 Å². The topological polar surface area (TPSA) is 69.0 Å². The highest BCUT2D eigenvalue weighted by atomic mass is 35.5. The van der Waals surface area contributed by atoms with Gasteiger partial charge in [-0.15, -0.1) is 0 Å². The first-order valence-electron chi connectivity index (χ1n) is 11.5. The lowest BCUT2D eigenvalue weighted by molar-refractivity contribution is -0.0646. The Hall–Kier alpha value is -2.58. The molecule has 0 radical (unpaired) electrons. The predicted octanol–water partition coefficient (Wildman–Crippen LogP) is 3.87. The van der Waals surface area contributed by atoms with Crippen molar-refractivity contribution in [2.75, 3.05) is 39.5 Å². The van der Waals surface area contributed by atoms with E-state index in [0.717, 1.165) is 29.2 Å². The monoisotopic (exact) mass is 485 g/mol. The van der Waals surface area contributed by atoms with Gasteiger partial charge in [0.05, 0.1) is 25.5 Å². The number of aromatic nitrogens is 2. The summed E-state index contributed by atoms with van der Waals surface area (Å²) in [5.41, 5.74) is 2.15. The maximum atomic E-state index is 11.2. The molecule has 1 aromatic heterocycles. The van der Waals surface area contributed by atoms with E-state index in [-0.39, 0.29) is 13.2 Å². The molecular weight excluding hydrogens is 454 g/mol. The van der Waals surface area contributed by atoms with E-state index in [1.54, 1.807) is 24.3 Å². The van der Waals surface area contributed by atoms with Crippen LogP contribution in [0, 0.1) is 13.8 Å². The molecule has 1 atom stereocenters. The first-order chi connectivity index (χ1) is 16.4. The average Bonchev–Trinajstić information content (AvgIpc) is 3.01. The summed E-state index contributed by atoms with van der Waals surface area (Å²) in [4.78, 5) is 2.19. The van der Waals surface area contributed by atoms with Crippen molar-refractivity contribution in [2.24, 2.45) is 0 Å². The van der Waals surface area contributed by atoms with Gasteiger partial charge in [0.25, 0.3) is 0 Å². The number of aryl methyl sites for hydroxylation is 2. The Balaban J connectivity index is 1.31. The lowest BCUT2D eigenvalue weighted by atomic mass is 10.1. The Morgan fingerprint density at radius 2 is 1.91 bits per heavy atom. The van der Waals surface area contributed by atoms with Crippen LogP contribution < -0.4 is 9.47 Å². The van der Waals surface area contributed by atoms with Gasteiger partial charge in [-0.25, -0.2) is 0 Å². The highest BCUT2D eigenvalue weighted by molar-refractivity contribution is 6.30. The molecule has 2 aromatic carbocycles. The number of hydrogen-bond donors (Lipinski definition) is 1. The van der Waals surface area contributed by atoms with Gasteiger partial charge in [0, 0.05) is 30.4 Å². The molecule has 4 rings (SSSR count). The summed E-state index contributed by atoms with van der Waals surface area (Å²) < 4.78 is 19.5. The SMILES string of the molecule is Cc1cc(C)n(CCOc2cccc(CN3CCOC[C@](O)(COc4ccc(Cl)cc4)C3)c2)n1. The van der Waals surface area contributed by atoms with E-state index in [1.165, 1.54) is 0 Å². The third kappa shape index (κ3) is 6.96. The number of β-amino-alcohol motifs (C(OH)–C–C–N with tert-alkyl or cyclic N) is 1. The zero-order valence-electron chi connectivity index (χ0n) is 19.7. The fourth-order valence-corrected chi connectivity index (χ4v) is 4.24. The molecule has 182 valence electrons. The summed E-state index contributed by atoms with van der Waals surface area (Å²) >= 11 is 5.94. The molecule has 1 fully saturated rings. The molecule has 1 N–H and O–H groups in total. The lowest BCUT2D eigenvalue weighted by Crippen LogP contribution is -2.48. The fraction of sp³-hybridized carbons (Fsp3) is 0.423. The van der Waals surface area contributed by atoms with Gasteiger partial charge in [-0.05, 0) is 61.9 Å². The van der Waals surface area contributed by atoms with Gasteiger partial charge in [-0.3, -0.25) is 9.58 Å². The highest BCUT2D eigenvalue weighted by Crippen LogP contribution is 2.21. The summed E-state index contributed by atoms with van der Waals surface area (Å²) in [6.07, 6.45) is 0. The van der Waals surface area contributed by atoms with Crippen molar-refractivity contribution < 1.29 is 19.3 Å². The van der Waals surface area contributed by atoms with Gasteiger partial charge in [0.2, 0.25) is 0 Å². The van der Waals surface area contributed by atoms with E-state index >= 15 is 0 Å². The zero-order valence-corrected chi connectivity index (χ0v) is 20.5. The molecule has 0 bridgehead atoms. The van der Waals surface area contributed by atoms with Gasteiger partial charge >= 0.3 is 0 Å². The molecule has 1 aliphatic rings. The summed E-state index contributed by atoms with van der Waals surface area (Å²) in [6, 6.07) is 17.3. The van der Waals surface area contributed by atoms with Crippen LogP contribution in [0.2, 0.25) is 5.02 Å². The van der Waals surface area contributed by atoms with Crippen molar-refractivity contribution in [3.05, 3.63) is 76.6 Å². The minimum Gasteiger partial charge on any atom is -0.492 e. The smallest absolute Gasteiger partial charge is 0.134 e. The number of ether oxygens (including phenoxy) is 3. The van der Waals surface area contributed by atoms with Crippen LogP contribution >= 0.6 is 11.6 Å².